The highest BCUT2D eigenvalue weighted by Crippen LogP contribution is 2.31. The van der Waals surface area contributed by atoms with Gasteiger partial charge in [-0.2, -0.15) is 4.31 Å². The minimum Gasteiger partial charge on any atom is -0.373 e. The van der Waals surface area contributed by atoms with E-state index in [1.807, 2.05) is 32.8 Å². The molecule has 2 heterocycles. The van der Waals surface area contributed by atoms with Crippen molar-refractivity contribution in [3.63, 3.8) is 0 Å². The van der Waals surface area contributed by atoms with Gasteiger partial charge < -0.3 is 9.64 Å². The lowest BCUT2D eigenvalue weighted by Gasteiger charge is -2.34. The fourth-order valence-electron chi connectivity index (χ4n) is 4.00. The second-order valence-electron chi connectivity index (χ2n) is 8.95. The minimum atomic E-state index is -3.72. The van der Waals surface area contributed by atoms with Crippen LogP contribution in [0, 0.1) is 5.82 Å². The maximum atomic E-state index is 14.2. The van der Waals surface area contributed by atoms with Gasteiger partial charge in [0.25, 0.3) is 5.91 Å². The maximum absolute atomic E-state index is 14.2. The molecule has 0 radical (unpaired) electrons. The number of benzene rings is 2. The first-order valence-corrected chi connectivity index (χ1v) is 13.6. The summed E-state index contributed by atoms with van der Waals surface area (Å²) in [6.45, 7) is 5.16. The molecule has 0 aliphatic carbocycles. The molecule has 35 heavy (non-hydrogen) atoms. The Kier molecular flexibility index (Phi) is 7.53. The van der Waals surface area contributed by atoms with Gasteiger partial charge in [-0.15, -0.1) is 0 Å². The molecule has 4 rings (SSSR count). The van der Waals surface area contributed by atoms with Crippen LogP contribution in [0.2, 0.25) is 0 Å². The SMILES string of the molecule is CC1CN(S(=O)(=O)c2ccc(C(=O)N(CCN(C)C)c3nc4c(F)cccc4s3)cc2)CC(C)O1. The Labute approximate surface area is 209 Å². The van der Waals surface area contributed by atoms with Gasteiger partial charge in [-0.05, 0) is 64.3 Å². The number of fused-ring (bicyclic) bond motifs is 1. The summed E-state index contributed by atoms with van der Waals surface area (Å²) in [4.78, 5) is 21.4. The predicted octanol–water partition coefficient (Wildman–Crippen LogP) is 3.44. The fourth-order valence-corrected chi connectivity index (χ4v) is 6.60. The Balaban J connectivity index is 1.61. The number of carbonyl (C=O) groups is 1. The van der Waals surface area contributed by atoms with Crippen LogP contribution in [0.5, 0.6) is 0 Å². The highest BCUT2D eigenvalue weighted by Gasteiger charge is 2.32. The van der Waals surface area contributed by atoms with Crippen LogP contribution in [0.25, 0.3) is 10.2 Å². The molecule has 2 aromatic carbocycles. The van der Waals surface area contributed by atoms with Crippen molar-refractivity contribution in [1.82, 2.24) is 14.2 Å². The summed E-state index contributed by atoms with van der Waals surface area (Å²) in [6.07, 6.45) is -0.392. The van der Waals surface area contributed by atoms with E-state index in [9.17, 15) is 17.6 Å². The molecule has 1 aromatic heterocycles. The summed E-state index contributed by atoms with van der Waals surface area (Å²) in [5.74, 6) is -0.768. The van der Waals surface area contributed by atoms with Crippen LogP contribution in [0.4, 0.5) is 9.52 Å². The summed E-state index contributed by atoms with van der Waals surface area (Å²) in [5.41, 5.74) is 0.553. The smallest absolute Gasteiger partial charge is 0.260 e. The second-order valence-corrected chi connectivity index (χ2v) is 11.9. The number of aromatic nitrogens is 1. The van der Waals surface area contributed by atoms with E-state index >= 15 is 0 Å². The van der Waals surface area contributed by atoms with E-state index in [4.69, 9.17) is 4.74 Å². The standard InChI is InChI=1S/C24H29FN4O4S2/c1-16-14-28(15-17(2)33-16)35(31,32)19-10-8-18(9-11-19)23(30)29(13-12-27(3)4)24-26-22-20(25)6-5-7-21(22)34-24/h5-11,16-17H,12-15H2,1-4H3. The predicted molar refractivity (Wildman–Crippen MR) is 135 cm³/mol. The molecule has 0 spiro atoms. The van der Waals surface area contributed by atoms with Crippen molar-refractivity contribution >= 4 is 42.6 Å². The first kappa shape index (κ1) is 25.6. The van der Waals surface area contributed by atoms with Gasteiger partial charge in [0.05, 0.1) is 21.8 Å². The number of sulfonamides is 1. The number of hydrogen-bond acceptors (Lipinski definition) is 7. The number of likely N-dealkylation sites (N-methyl/N-ethyl adjacent to an activating group) is 1. The Morgan fingerprint density at radius 2 is 1.77 bits per heavy atom. The van der Waals surface area contributed by atoms with E-state index in [0.29, 0.717) is 28.5 Å². The fraction of sp³-hybridized carbons (Fsp3) is 0.417. The average Bonchev–Trinajstić information content (AvgIpc) is 3.24. The number of carbonyl (C=O) groups excluding carboxylic acids is 1. The number of morpholine rings is 1. The van der Waals surface area contributed by atoms with Crippen LogP contribution < -0.4 is 4.90 Å². The van der Waals surface area contributed by atoms with Crippen molar-refractivity contribution in [1.29, 1.82) is 0 Å². The molecule has 0 bridgehead atoms. The molecule has 1 saturated heterocycles. The van der Waals surface area contributed by atoms with Crippen LogP contribution in [0.3, 0.4) is 0 Å². The van der Waals surface area contributed by atoms with E-state index in [-0.39, 0.29) is 41.6 Å². The highest BCUT2D eigenvalue weighted by atomic mass is 32.2. The Morgan fingerprint density at radius 3 is 2.37 bits per heavy atom. The van der Waals surface area contributed by atoms with Crippen molar-refractivity contribution in [3.8, 4) is 0 Å². The molecule has 1 aliphatic rings. The Bertz CT molecular complexity index is 1300. The lowest BCUT2D eigenvalue weighted by atomic mass is 10.2. The number of ether oxygens (including phenoxy) is 1. The molecule has 0 N–H and O–H groups in total. The number of rotatable bonds is 7. The number of thiazole rings is 1. The summed E-state index contributed by atoms with van der Waals surface area (Å²) in [7, 11) is 0.0765. The molecular weight excluding hydrogens is 491 g/mol. The molecule has 1 amide bonds. The normalized spacial score (nSPS) is 19.4. The van der Waals surface area contributed by atoms with Crippen molar-refractivity contribution in [3.05, 3.63) is 53.8 Å². The highest BCUT2D eigenvalue weighted by molar-refractivity contribution is 7.89. The third-order valence-corrected chi connectivity index (χ3v) is 8.62. The number of anilines is 1. The van der Waals surface area contributed by atoms with E-state index in [0.717, 1.165) is 0 Å². The van der Waals surface area contributed by atoms with E-state index in [2.05, 4.69) is 4.98 Å². The molecule has 0 saturated carbocycles. The van der Waals surface area contributed by atoms with E-state index in [1.165, 1.54) is 50.9 Å². The Morgan fingerprint density at radius 1 is 1.11 bits per heavy atom. The number of para-hydroxylation sites is 1. The third-order valence-electron chi connectivity index (χ3n) is 5.73. The van der Waals surface area contributed by atoms with Gasteiger partial charge in [0.2, 0.25) is 10.0 Å². The molecule has 8 nitrogen and oxygen atoms in total. The van der Waals surface area contributed by atoms with E-state index in [1.54, 1.807) is 12.1 Å². The number of hydrogen-bond donors (Lipinski definition) is 0. The van der Waals surface area contributed by atoms with Crippen LogP contribution in [0.1, 0.15) is 24.2 Å². The summed E-state index contributed by atoms with van der Waals surface area (Å²) >= 11 is 1.24. The lowest BCUT2D eigenvalue weighted by Crippen LogP contribution is -2.48. The van der Waals surface area contributed by atoms with Crippen molar-refractivity contribution in [2.45, 2.75) is 31.0 Å². The monoisotopic (exact) mass is 520 g/mol. The van der Waals surface area contributed by atoms with Gasteiger partial charge in [0.1, 0.15) is 11.3 Å². The summed E-state index contributed by atoms with van der Waals surface area (Å²) in [6, 6.07) is 10.7. The van der Waals surface area contributed by atoms with Crippen molar-refractivity contribution in [2.75, 3.05) is 45.2 Å². The maximum Gasteiger partial charge on any atom is 0.260 e. The molecule has 3 aromatic rings. The molecule has 2 unspecified atom stereocenters. The number of halogens is 1. The summed E-state index contributed by atoms with van der Waals surface area (Å²) < 4.78 is 48.2. The molecule has 2 atom stereocenters. The van der Waals surface area contributed by atoms with Crippen LogP contribution in [0.15, 0.2) is 47.4 Å². The third kappa shape index (κ3) is 5.54. The number of nitrogens with zero attached hydrogens (tertiary/aromatic N) is 4. The minimum absolute atomic E-state index is 0.122. The zero-order valence-corrected chi connectivity index (χ0v) is 21.8. The van der Waals surface area contributed by atoms with Gasteiger partial charge in [0, 0.05) is 31.7 Å². The second kappa shape index (κ2) is 10.3. The molecular formula is C24H29FN4O4S2. The van der Waals surface area contributed by atoms with Crippen molar-refractivity contribution < 1.29 is 22.3 Å². The van der Waals surface area contributed by atoms with Gasteiger partial charge >= 0.3 is 0 Å². The first-order chi connectivity index (χ1) is 16.6. The van der Waals surface area contributed by atoms with Gasteiger partial charge in [0.15, 0.2) is 5.13 Å². The molecule has 1 fully saturated rings. The van der Waals surface area contributed by atoms with E-state index < -0.39 is 15.8 Å². The van der Waals surface area contributed by atoms with Gasteiger partial charge in [-0.25, -0.2) is 17.8 Å². The topological polar surface area (TPSA) is 83.1 Å². The zero-order chi connectivity index (χ0) is 25.3. The zero-order valence-electron chi connectivity index (χ0n) is 20.1. The summed E-state index contributed by atoms with van der Waals surface area (Å²) in [5, 5.41) is 0.393. The average molecular weight is 521 g/mol. The molecule has 11 heteroatoms. The Hall–Kier alpha value is -2.44. The quantitative estimate of drug-likeness (QED) is 0.475. The van der Waals surface area contributed by atoms with Gasteiger partial charge in [-0.3, -0.25) is 9.69 Å². The number of amides is 1. The van der Waals surface area contributed by atoms with Crippen molar-refractivity contribution in [2.24, 2.45) is 0 Å². The van der Waals surface area contributed by atoms with Crippen LogP contribution >= 0.6 is 11.3 Å². The van der Waals surface area contributed by atoms with Gasteiger partial charge in [-0.1, -0.05) is 17.4 Å². The van der Waals surface area contributed by atoms with Crippen LogP contribution in [-0.4, -0.2) is 81.0 Å². The first-order valence-electron chi connectivity index (χ1n) is 11.3. The lowest BCUT2D eigenvalue weighted by molar-refractivity contribution is -0.0440. The molecule has 1 aliphatic heterocycles. The molecule has 188 valence electrons. The largest absolute Gasteiger partial charge is 0.373 e. The van der Waals surface area contributed by atoms with Crippen LogP contribution in [-0.2, 0) is 14.8 Å².